The Kier molecular flexibility index (Phi) is 6.36. The zero-order valence-electron chi connectivity index (χ0n) is 11.4. The number of nitrogens with one attached hydrogen (secondary N) is 1. The Morgan fingerprint density at radius 2 is 2.22 bits per heavy atom. The third kappa shape index (κ3) is 6.17. The first-order valence-electron chi connectivity index (χ1n) is 6.53. The summed E-state index contributed by atoms with van der Waals surface area (Å²) in [5, 5.41) is 5.03. The predicted octanol–water partition coefficient (Wildman–Crippen LogP) is 2.56. The first kappa shape index (κ1) is 15.2. The van der Waals surface area contributed by atoms with E-state index in [1.165, 1.54) is 4.88 Å². The first-order valence-corrected chi connectivity index (χ1v) is 7.40. The minimum absolute atomic E-state index is 0.150. The molecule has 0 aliphatic heterocycles. The number of hydrogen-bond acceptors (Lipinski definition) is 3. The summed E-state index contributed by atoms with van der Waals surface area (Å²) in [5.41, 5.74) is 5.72. The van der Waals surface area contributed by atoms with E-state index in [2.05, 4.69) is 30.6 Å². The Bertz CT molecular complexity index is 347. The van der Waals surface area contributed by atoms with Crippen molar-refractivity contribution < 1.29 is 4.79 Å². The standard InChI is InChI=1S/C14H24N2OS/c1-14(2,8-9-15)7-5-13(17)16-10-6-12-4-3-11-18-12/h3-4,11H,5-10,15H2,1-2H3,(H,16,17). The zero-order chi connectivity index (χ0) is 13.4. The van der Waals surface area contributed by atoms with Crippen LogP contribution in [-0.4, -0.2) is 19.0 Å². The van der Waals surface area contributed by atoms with Gasteiger partial charge in [-0.25, -0.2) is 0 Å². The lowest BCUT2D eigenvalue weighted by molar-refractivity contribution is -0.121. The number of hydrogen-bond donors (Lipinski definition) is 2. The van der Waals surface area contributed by atoms with E-state index in [1.807, 2.05) is 6.07 Å². The van der Waals surface area contributed by atoms with Gasteiger partial charge in [-0.05, 0) is 42.7 Å². The fourth-order valence-corrected chi connectivity index (χ4v) is 2.54. The van der Waals surface area contributed by atoms with Crippen molar-refractivity contribution in [1.82, 2.24) is 5.32 Å². The number of carbonyl (C=O) groups is 1. The third-order valence-electron chi connectivity index (χ3n) is 3.12. The van der Waals surface area contributed by atoms with Crippen LogP contribution < -0.4 is 11.1 Å². The molecule has 0 unspecified atom stereocenters. The summed E-state index contributed by atoms with van der Waals surface area (Å²) in [7, 11) is 0. The summed E-state index contributed by atoms with van der Waals surface area (Å²) >= 11 is 1.73. The second kappa shape index (κ2) is 7.54. The quantitative estimate of drug-likeness (QED) is 0.761. The monoisotopic (exact) mass is 268 g/mol. The highest BCUT2D eigenvalue weighted by Crippen LogP contribution is 2.25. The number of nitrogens with two attached hydrogens (primary N) is 1. The maximum atomic E-state index is 11.7. The lowest BCUT2D eigenvalue weighted by atomic mass is 9.84. The van der Waals surface area contributed by atoms with Crippen LogP contribution in [0.4, 0.5) is 0 Å². The van der Waals surface area contributed by atoms with Crippen molar-refractivity contribution in [3.63, 3.8) is 0 Å². The Morgan fingerprint density at radius 1 is 1.44 bits per heavy atom. The highest BCUT2D eigenvalue weighted by molar-refractivity contribution is 7.09. The van der Waals surface area contributed by atoms with Gasteiger partial charge in [-0.15, -0.1) is 11.3 Å². The summed E-state index contributed by atoms with van der Waals surface area (Å²) in [4.78, 5) is 13.0. The molecule has 102 valence electrons. The number of thiophene rings is 1. The molecule has 1 amide bonds. The first-order chi connectivity index (χ1) is 8.53. The van der Waals surface area contributed by atoms with Gasteiger partial charge in [0.15, 0.2) is 0 Å². The number of carbonyl (C=O) groups excluding carboxylic acids is 1. The minimum Gasteiger partial charge on any atom is -0.356 e. The average Bonchev–Trinajstić information content (AvgIpc) is 2.79. The van der Waals surface area contributed by atoms with Crippen LogP contribution in [0.15, 0.2) is 17.5 Å². The van der Waals surface area contributed by atoms with E-state index in [1.54, 1.807) is 11.3 Å². The van der Waals surface area contributed by atoms with Crippen molar-refractivity contribution in [3.05, 3.63) is 22.4 Å². The van der Waals surface area contributed by atoms with Crippen LogP contribution >= 0.6 is 11.3 Å². The van der Waals surface area contributed by atoms with Crippen molar-refractivity contribution in [2.45, 2.75) is 39.5 Å². The van der Waals surface area contributed by atoms with Gasteiger partial charge < -0.3 is 11.1 Å². The lowest BCUT2D eigenvalue weighted by Crippen LogP contribution is -2.27. The molecule has 18 heavy (non-hydrogen) atoms. The normalized spacial score (nSPS) is 11.5. The van der Waals surface area contributed by atoms with E-state index in [0.29, 0.717) is 13.0 Å². The summed E-state index contributed by atoms with van der Waals surface area (Å²) in [6.07, 6.45) is 3.39. The van der Waals surface area contributed by atoms with E-state index in [9.17, 15) is 4.79 Å². The van der Waals surface area contributed by atoms with E-state index < -0.39 is 0 Å². The van der Waals surface area contributed by atoms with Crippen LogP contribution in [0.2, 0.25) is 0 Å². The summed E-state index contributed by atoms with van der Waals surface area (Å²) < 4.78 is 0. The molecule has 3 N–H and O–H groups in total. The smallest absolute Gasteiger partial charge is 0.220 e. The van der Waals surface area contributed by atoms with Gasteiger partial charge >= 0.3 is 0 Å². The van der Waals surface area contributed by atoms with Gasteiger partial charge in [-0.1, -0.05) is 19.9 Å². The third-order valence-corrected chi connectivity index (χ3v) is 4.06. The van der Waals surface area contributed by atoms with Gasteiger partial charge in [-0.3, -0.25) is 4.79 Å². The second-order valence-corrected chi connectivity index (χ2v) is 6.41. The zero-order valence-corrected chi connectivity index (χ0v) is 12.2. The van der Waals surface area contributed by atoms with Crippen molar-refractivity contribution in [3.8, 4) is 0 Å². The topological polar surface area (TPSA) is 55.1 Å². The van der Waals surface area contributed by atoms with Crippen LogP contribution in [0.1, 0.15) is 38.0 Å². The second-order valence-electron chi connectivity index (χ2n) is 5.38. The molecule has 0 bridgehead atoms. The molecule has 0 aliphatic rings. The molecule has 0 radical (unpaired) electrons. The Morgan fingerprint density at radius 3 is 2.83 bits per heavy atom. The fourth-order valence-electron chi connectivity index (χ4n) is 1.84. The SMILES string of the molecule is CC(C)(CCN)CCC(=O)NCCc1cccs1. The van der Waals surface area contributed by atoms with Crippen molar-refractivity contribution in [2.24, 2.45) is 11.1 Å². The number of amides is 1. The molecule has 1 rings (SSSR count). The van der Waals surface area contributed by atoms with E-state index in [0.717, 1.165) is 25.8 Å². The molecular formula is C14H24N2OS. The molecular weight excluding hydrogens is 244 g/mol. The minimum atomic E-state index is 0.150. The van der Waals surface area contributed by atoms with Crippen LogP contribution in [0, 0.1) is 5.41 Å². The molecule has 1 aromatic heterocycles. The lowest BCUT2D eigenvalue weighted by Gasteiger charge is -2.23. The Hall–Kier alpha value is -0.870. The molecule has 0 atom stereocenters. The summed E-state index contributed by atoms with van der Waals surface area (Å²) in [6.45, 7) is 5.75. The molecule has 3 nitrogen and oxygen atoms in total. The fraction of sp³-hybridized carbons (Fsp3) is 0.643. The highest BCUT2D eigenvalue weighted by atomic mass is 32.1. The Balaban J connectivity index is 2.14. The van der Waals surface area contributed by atoms with Gasteiger partial charge in [0.1, 0.15) is 0 Å². The molecule has 0 saturated carbocycles. The molecule has 0 spiro atoms. The number of rotatable bonds is 8. The van der Waals surface area contributed by atoms with Crippen LogP contribution in [0.3, 0.4) is 0 Å². The van der Waals surface area contributed by atoms with Crippen molar-refractivity contribution >= 4 is 17.2 Å². The van der Waals surface area contributed by atoms with Crippen LogP contribution in [0.25, 0.3) is 0 Å². The van der Waals surface area contributed by atoms with Crippen LogP contribution in [0.5, 0.6) is 0 Å². The van der Waals surface area contributed by atoms with Crippen LogP contribution in [-0.2, 0) is 11.2 Å². The van der Waals surface area contributed by atoms with Gasteiger partial charge in [0.2, 0.25) is 5.91 Å². The molecule has 1 heterocycles. The maximum absolute atomic E-state index is 11.7. The van der Waals surface area contributed by atoms with Gasteiger partial charge in [-0.2, -0.15) is 0 Å². The van der Waals surface area contributed by atoms with E-state index >= 15 is 0 Å². The van der Waals surface area contributed by atoms with Gasteiger partial charge in [0.05, 0.1) is 0 Å². The molecule has 0 aromatic carbocycles. The van der Waals surface area contributed by atoms with Crippen molar-refractivity contribution in [1.29, 1.82) is 0 Å². The molecule has 4 heteroatoms. The van der Waals surface area contributed by atoms with E-state index in [-0.39, 0.29) is 11.3 Å². The largest absolute Gasteiger partial charge is 0.356 e. The van der Waals surface area contributed by atoms with E-state index in [4.69, 9.17) is 5.73 Å². The van der Waals surface area contributed by atoms with Crippen molar-refractivity contribution in [2.75, 3.05) is 13.1 Å². The molecule has 0 aliphatic carbocycles. The van der Waals surface area contributed by atoms with Gasteiger partial charge in [0.25, 0.3) is 0 Å². The maximum Gasteiger partial charge on any atom is 0.220 e. The summed E-state index contributed by atoms with van der Waals surface area (Å²) in [5.74, 6) is 0.150. The predicted molar refractivity (Wildman–Crippen MR) is 77.7 cm³/mol. The Labute approximate surface area is 114 Å². The summed E-state index contributed by atoms with van der Waals surface area (Å²) in [6, 6.07) is 4.14. The highest BCUT2D eigenvalue weighted by Gasteiger charge is 2.17. The molecule has 1 aromatic rings. The molecule has 0 fully saturated rings. The van der Waals surface area contributed by atoms with Gasteiger partial charge in [0, 0.05) is 17.8 Å². The average molecular weight is 268 g/mol. The molecule has 0 saturated heterocycles.